The minimum absolute atomic E-state index is 0.0693. The molecule has 2 saturated heterocycles. The monoisotopic (exact) mass is 237 g/mol. The van der Waals surface area contributed by atoms with Gasteiger partial charge in [0.1, 0.15) is 0 Å². The molecule has 2 aliphatic heterocycles. The zero-order valence-electron chi connectivity index (χ0n) is 11.2. The standard InChI is InChI=1S/C14H27N3/c1-14(15,12-4-5-12)11-16-9-6-13(10-16)17-7-2-3-8-17/h12-13H,2-11,15H2,1H3. The van der Waals surface area contributed by atoms with Crippen LogP contribution >= 0.6 is 0 Å². The fourth-order valence-corrected chi connectivity index (χ4v) is 3.71. The maximum absolute atomic E-state index is 6.45. The maximum Gasteiger partial charge on any atom is 0.0283 e. The highest BCUT2D eigenvalue weighted by Crippen LogP contribution is 2.38. The smallest absolute Gasteiger partial charge is 0.0283 e. The Bertz CT molecular complexity index is 267. The van der Waals surface area contributed by atoms with Gasteiger partial charge in [0, 0.05) is 24.7 Å². The van der Waals surface area contributed by atoms with Gasteiger partial charge in [0.05, 0.1) is 0 Å². The van der Waals surface area contributed by atoms with E-state index in [1.165, 1.54) is 58.3 Å². The van der Waals surface area contributed by atoms with Gasteiger partial charge in [0.15, 0.2) is 0 Å². The Kier molecular flexibility index (Phi) is 3.18. The lowest BCUT2D eigenvalue weighted by molar-refractivity contribution is 0.203. The van der Waals surface area contributed by atoms with E-state index in [1.807, 2.05) is 0 Å². The minimum Gasteiger partial charge on any atom is -0.324 e. The zero-order chi connectivity index (χ0) is 11.9. The van der Waals surface area contributed by atoms with Crippen molar-refractivity contribution in [3.63, 3.8) is 0 Å². The molecule has 2 atom stereocenters. The SMILES string of the molecule is CC(N)(CN1CCC(N2CCCC2)C1)C1CC1. The number of hydrogen-bond acceptors (Lipinski definition) is 3. The van der Waals surface area contributed by atoms with E-state index >= 15 is 0 Å². The van der Waals surface area contributed by atoms with E-state index in [-0.39, 0.29) is 5.54 Å². The first-order chi connectivity index (χ1) is 8.15. The van der Waals surface area contributed by atoms with Gasteiger partial charge in [-0.2, -0.15) is 0 Å². The first-order valence-corrected chi connectivity index (χ1v) is 7.40. The Morgan fingerprint density at radius 1 is 1.12 bits per heavy atom. The average Bonchev–Trinajstić information content (AvgIpc) is 2.84. The second-order valence-electron chi connectivity index (χ2n) is 6.70. The molecule has 0 aromatic heterocycles. The lowest BCUT2D eigenvalue weighted by Crippen LogP contribution is -2.49. The summed E-state index contributed by atoms with van der Waals surface area (Å²) in [5, 5.41) is 0. The van der Waals surface area contributed by atoms with E-state index in [0.29, 0.717) is 0 Å². The summed E-state index contributed by atoms with van der Waals surface area (Å²) < 4.78 is 0. The zero-order valence-corrected chi connectivity index (χ0v) is 11.2. The van der Waals surface area contributed by atoms with Crippen molar-refractivity contribution in [2.45, 2.75) is 50.6 Å². The van der Waals surface area contributed by atoms with Crippen molar-refractivity contribution in [1.82, 2.24) is 9.80 Å². The fraction of sp³-hybridized carbons (Fsp3) is 1.00. The summed E-state index contributed by atoms with van der Waals surface area (Å²) in [6.45, 7) is 8.57. The fourth-order valence-electron chi connectivity index (χ4n) is 3.71. The summed E-state index contributed by atoms with van der Waals surface area (Å²) in [6, 6.07) is 0.826. The lowest BCUT2D eigenvalue weighted by Gasteiger charge is -2.31. The van der Waals surface area contributed by atoms with E-state index in [9.17, 15) is 0 Å². The van der Waals surface area contributed by atoms with Crippen molar-refractivity contribution in [2.24, 2.45) is 11.7 Å². The largest absolute Gasteiger partial charge is 0.324 e. The molecule has 2 N–H and O–H groups in total. The quantitative estimate of drug-likeness (QED) is 0.799. The van der Waals surface area contributed by atoms with Crippen molar-refractivity contribution in [3.8, 4) is 0 Å². The Morgan fingerprint density at radius 3 is 2.47 bits per heavy atom. The molecular formula is C14H27N3. The molecule has 2 heterocycles. The second-order valence-corrected chi connectivity index (χ2v) is 6.70. The predicted molar refractivity (Wildman–Crippen MR) is 71.0 cm³/mol. The second kappa shape index (κ2) is 4.52. The van der Waals surface area contributed by atoms with E-state index in [2.05, 4.69) is 16.7 Å². The molecular weight excluding hydrogens is 210 g/mol. The van der Waals surface area contributed by atoms with Crippen LogP contribution in [-0.4, -0.2) is 54.1 Å². The lowest BCUT2D eigenvalue weighted by atomic mass is 9.97. The van der Waals surface area contributed by atoms with Gasteiger partial charge < -0.3 is 5.73 Å². The van der Waals surface area contributed by atoms with Gasteiger partial charge in [-0.05, 0) is 64.6 Å². The van der Waals surface area contributed by atoms with E-state index in [4.69, 9.17) is 5.73 Å². The molecule has 1 saturated carbocycles. The number of nitrogens with zero attached hydrogens (tertiary/aromatic N) is 2. The van der Waals surface area contributed by atoms with Crippen molar-refractivity contribution < 1.29 is 0 Å². The molecule has 17 heavy (non-hydrogen) atoms. The molecule has 0 spiro atoms. The highest BCUT2D eigenvalue weighted by atomic mass is 15.3. The number of nitrogens with two attached hydrogens (primary N) is 1. The summed E-state index contributed by atoms with van der Waals surface area (Å²) in [4.78, 5) is 5.31. The Morgan fingerprint density at radius 2 is 1.82 bits per heavy atom. The molecule has 3 nitrogen and oxygen atoms in total. The van der Waals surface area contributed by atoms with Crippen molar-refractivity contribution in [2.75, 3.05) is 32.7 Å². The normalized spacial score (nSPS) is 35.3. The molecule has 0 radical (unpaired) electrons. The molecule has 0 bridgehead atoms. The molecule has 3 aliphatic rings. The Labute approximate surface area is 105 Å². The summed E-state index contributed by atoms with van der Waals surface area (Å²) in [5.41, 5.74) is 6.51. The van der Waals surface area contributed by atoms with Crippen LogP contribution in [0.15, 0.2) is 0 Å². The molecule has 0 amide bonds. The van der Waals surface area contributed by atoms with Gasteiger partial charge in [-0.3, -0.25) is 9.80 Å². The molecule has 0 aromatic carbocycles. The summed E-state index contributed by atoms with van der Waals surface area (Å²) in [6.07, 6.45) is 6.90. The van der Waals surface area contributed by atoms with Crippen molar-refractivity contribution >= 4 is 0 Å². The highest BCUT2D eigenvalue weighted by Gasteiger charge is 2.41. The summed E-state index contributed by atoms with van der Waals surface area (Å²) in [7, 11) is 0. The van der Waals surface area contributed by atoms with Crippen molar-refractivity contribution in [3.05, 3.63) is 0 Å². The number of hydrogen-bond donors (Lipinski definition) is 1. The Balaban J connectivity index is 1.49. The summed E-state index contributed by atoms with van der Waals surface area (Å²) >= 11 is 0. The molecule has 2 unspecified atom stereocenters. The van der Waals surface area contributed by atoms with Gasteiger partial charge >= 0.3 is 0 Å². The van der Waals surface area contributed by atoms with Gasteiger partial charge in [-0.25, -0.2) is 0 Å². The number of likely N-dealkylation sites (tertiary alicyclic amines) is 2. The van der Waals surface area contributed by atoms with Gasteiger partial charge in [0.25, 0.3) is 0 Å². The van der Waals surface area contributed by atoms with Gasteiger partial charge in [-0.15, -0.1) is 0 Å². The minimum atomic E-state index is 0.0693. The van der Waals surface area contributed by atoms with Crippen LogP contribution in [0, 0.1) is 5.92 Å². The third kappa shape index (κ3) is 2.67. The molecule has 98 valence electrons. The van der Waals surface area contributed by atoms with E-state index < -0.39 is 0 Å². The maximum atomic E-state index is 6.45. The van der Waals surface area contributed by atoms with Crippen LogP contribution in [0.25, 0.3) is 0 Å². The van der Waals surface area contributed by atoms with Crippen LogP contribution in [-0.2, 0) is 0 Å². The van der Waals surface area contributed by atoms with Crippen LogP contribution < -0.4 is 5.73 Å². The topological polar surface area (TPSA) is 32.5 Å². The molecule has 1 aliphatic carbocycles. The van der Waals surface area contributed by atoms with Gasteiger partial charge in [-0.1, -0.05) is 0 Å². The molecule has 3 heteroatoms. The van der Waals surface area contributed by atoms with Crippen LogP contribution in [0.4, 0.5) is 0 Å². The first kappa shape index (κ1) is 11.9. The Hall–Kier alpha value is -0.120. The van der Waals surface area contributed by atoms with Crippen LogP contribution in [0.3, 0.4) is 0 Å². The molecule has 3 fully saturated rings. The predicted octanol–water partition coefficient (Wildman–Crippen LogP) is 1.28. The number of rotatable bonds is 4. The molecule has 3 rings (SSSR count). The van der Waals surface area contributed by atoms with Gasteiger partial charge in [0.2, 0.25) is 0 Å². The third-order valence-electron chi connectivity index (χ3n) is 4.98. The van der Waals surface area contributed by atoms with Crippen LogP contribution in [0.1, 0.15) is 39.0 Å². The van der Waals surface area contributed by atoms with Crippen LogP contribution in [0.2, 0.25) is 0 Å². The highest BCUT2D eigenvalue weighted by molar-refractivity contribution is 4.99. The van der Waals surface area contributed by atoms with Crippen LogP contribution in [0.5, 0.6) is 0 Å². The molecule has 0 aromatic rings. The van der Waals surface area contributed by atoms with E-state index in [1.54, 1.807) is 0 Å². The summed E-state index contributed by atoms with van der Waals surface area (Å²) in [5.74, 6) is 0.799. The average molecular weight is 237 g/mol. The third-order valence-corrected chi connectivity index (χ3v) is 4.98. The van der Waals surface area contributed by atoms with Crippen molar-refractivity contribution in [1.29, 1.82) is 0 Å². The first-order valence-electron chi connectivity index (χ1n) is 7.40. The van der Waals surface area contributed by atoms with E-state index in [0.717, 1.165) is 18.5 Å².